The first-order valence-electron chi connectivity index (χ1n) is 8.08. The van der Waals surface area contributed by atoms with Crippen molar-refractivity contribution in [1.29, 1.82) is 0 Å². The van der Waals surface area contributed by atoms with E-state index in [1.165, 1.54) is 0 Å². The van der Waals surface area contributed by atoms with E-state index in [0.717, 1.165) is 0 Å². The molecule has 0 saturated carbocycles. The molecule has 2 N–H and O–H groups in total. The maximum absolute atomic E-state index is 11.9. The summed E-state index contributed by atoms with van der Waals surface area (Å²) in [4.78, 5) is 23.9. The van der Waals surface area contributed by atoms with Gasteiger partial charge in [0.1, 0.15) is 0 Å². The van der Waals surface area contributed by atoms with Crippen molar-refractivity contribution in [2.24, 2.45) is 0 Å². The van der Waals surface area contributed by atoms with Crippen LogP contribution in [0.2, 0.25) is 10.0 Å². The third kappa shape index (κ3) is 5.39. The molecule has 0 bridgehead atoms. The van der Waals surface area contributed by atoms with Gasteiger partial charge in [-0.25, -0.2) is 9.59 Å². The first-order valence-corrected chi connectivity index (χ1v) is 8.83. The van der Waals surface area contributed by atoms with Crippen LogP contribution in [-0.4, -0.2) is 12.2 Å². The zero-order valence-corrected chi connectivity index (χ0v) is 15.8. The Kier molecular flexibility index (Phi) is 6.37. The molecule has 6 nitrogen and oxygen atoms in total. The molecule has 2 amide bonds. The number of ether oxygens (including phenoxy) is 2. The highest BCUT2D eigenvalue weighted by Gasteiger charge is 2.10. The highest BCUT2D eigenvalue weighted by Crippen LogP contribution is 2.25. The van der Waals surface area contributed by atoms with Gasteiger partial charge in [0, 0.05) is 11.4 Å². The van der Waals surface area contributed by atoms with Gasteiger partial charge in [0.2, 0.25) is 0 Å². The fraction of sp³-hybridized carbons (Fsp3) is 0. The topological polar surface area (TPSA) is 76.7 Å². The predicted molar refractivity (Wildman–Crippen MR) is 109 cm³/mol. The molecule has 3 aromatic rings. The summed E-state index contributed by atoms with van der Waals surface area (Å²) in [6.07, 6.45) is -1.38. The summed E-state index contributed by atoms with van der Waals surface area (Å²) in [5.41, 5.74) is 0.948. The van der Waals surface area contributed by atoms with Crippen LogP contribution in [0.4, 0.5) is 21.0 Å². The Balaban J connectivity index is 1.54. The number of benzene rings is 3. The van der Waals surface area contributed by atoms with Gasteiger partial charge in [0.05, 0.1) is 10.0 Å². The lowest BCUT2D eigenvalue weighted by Crippen LogP contribution is -2.18. The van der Waals surface area contributed by atoms with Gasteiger partial charge in [-0.05, 0) is 48.5 Å². The van der Waals surface area contributed by atoms with Crippen LogP contribution in [0.3, 0.4) is 0 Å². The van der Waals surface area contributed by atoms with Crippen LogP contribution in [0, 0.1) is 0 Å². The zero-order chi connectivity index (χ0) is 19.9. The Bertz CT molecular complexity index is 913. The number of carbonyl (C=O) groups is 2. The molecule has 3 rings (SSSR count). The average Bonchev–Trinajstić information content (AvgIpc) is 2.67. The zero-order valence-electron chi connectivity index (χ0n) is 14.3. The highest BCUT2D eigenvalue weighted by atomic mass is 35.5. The van der Waals surface area contributed by atoms with Gasteiger partial charge in [0.25, 0.3) is 0 Å². The van der Waals surface area contributed by atoms with Crippen LogP contribution in [0.1, 0.15) is 0 Å². The Hall–Kier alpha value is -3.22. The van der Waals surface area contributed by atoms with Crippen LogP contribution in [0.5, 0.6) is 11.5 Å². The van der Waals surface area contributed by atoms with Crippen LogP contribution < -0.4 is 20.1 Å². The molecule has 28 heavy (non-hydrogen) atoms. The second-order valence-corrected chi connectivity index (χ2v) is 6.28. The monoisotopic (exact) mass is 416 g/mol. The number of nitrogens with one attached hydrogen (secondary N) is 2. The Morgan fingerprint density at radius 1 is 0.607 bits per heavy atom. The van der Waals surface area contributed by atoms with Crippen molar-refractivity contribution in [3.8, 4) is 11.5 Å². The average molecular weight is 417 g/mol. The SMILES string of the molecule is O=C(Nc1ccc(NC(=O)Oc2ccccc2Cl)cc1)Oc1ccccc1Cl. The van der Waals surface area contributed by atoms with E-state index in [-0.39, 0.29) is 11.5 Å². The van der Waals surface area contributed by atoms with E-state index in [4.69, 9.17) is 32.7 Å². The van der Waals surface area contributed by atoms with E-state index in [1.54, 1.807) is 72.8 Å². The lowest BCUT2D eigenvalue weighted by molar-refractivity contribution is 0.214. The lowest BCUT2D eigenvalue weighted by atomic mass is 10.3. The van der Waals surface area contributed by atoms with E-state index in [1.807, 2.05) is 0 Å². The molecule has 0 atom stereocenters. The van der Waals surface area contributed by atoms with Crippen molar-refractivity contribution < 1.29 is 19.1 Å². The van der Waals surface area contributed by atoms with E-state index in [0.29, 0.717) is 21.4 Å². The van der Waals surface area contributed by atoms with Gasteiger partial charge in [-0.3, -0.25) is 10.6 Å². The van der Waals surface area contributed by atoms with Crippen LogP contribution in [0.25, 0.3) is 0 Å². The number of halogens is 2. The second kappa shape index (κ2) is 9.12. The fourth-order valence-electron chi connectivity index (χ4n) is 2.18. The van der Waals surface area contributed by atoms with Gasteiger partial charge < -0.3 is 9.47 Å². The molecular formula is C20H14Cl2N2O4. The summed E-state index contributed by atoms with van der Waals surface area (Å²) >= 11 is 11.9. The number of rotatable bonds is 4. The van der Waals surface area contributed by atoms with Gasteiger partial charge in [-0.15, -0.1) is 0 Å². The molecule has 0 aromatic heterocycles. The van der Waals surface area contributed by atoms with Crippen molar-refractivity contribution >= 4 is 46.8 Å². The van der Waals surface area contributed by atoms with Crippen molar-refractivity contribution in [2.75, 3.05) is 10.6 Å². The maximum atomic E-state index is 11.9. The van der Waals surface area contributed by atoms with Crippen molar-refractivity contribution in [3.63, 3.8) is 0 Å². The molecule has 142 valence electrons. The minimum absolute atomic E-state index is 0.252. The van der Waals surface area contributed by atoms with Crippen molar-refractivity contribution in [2.45, 2.75) is 0 Å². The predicted octanol–water partition coefficient (Wildman–Crippen LogP) is 6.22. The molecule has 0 unspecified atom stereocenters. The smallest absolute Gasteiger partial charge is 0.409 e. The van der Waals surface area contributed by atoms with Crippen LogP contribution in [-0.2, 0) is 0 Å². The highest BCUT2D eigenvalue weighted by molar-refractivity contribution is 6.32. The number of carbonyl (C=O) groups excluding carboxylic acids is 2. The third-order valence-electron chi connectivity index (χ3n) is 3.46. The number of para-hydroxylation sites is 2. The first kappa shape index (κ1) is 19.5. The normalized spacial score (nSPS) is 10.1. The lowest BCUT2D eigenvalue weighted by Gasteiger charge is -2.10. The van der Waals surface area contributed by atoms with Crippen LogP contribution >= 0.6 is 23.2 Å². The van der Waals surface area contributed by atoms with Gasteiger partial charge in [0.15, 0.2) is 11.5 Å². The van der Waals surface area contributed by atoms with Crippen LogP contribution in [0.15, 0.2) is 72.8 Å². The summed E-state index contributed by atoms with van der Waals surface area (Å²) in [6, 6.07) is 19.7. The first-order chi connectivity index (χ1) is 13.5. The number of hydrogen-bond donors (Lipinski definition) is 2. The van der Waals surface area contributed by atoms with E-state index < -0.39 is 12.2 Å². The fourth-order valence-corrected chi connectivity index (χ4v) is 2.53. The third-order valence-corrected chi connectivity index (χ3v) is 4.08. The molecule has 8 heteroatoms. The molecule has 0 radical (unpaired) electrons. The summed E-state index contributed by atoms with van der Waals surface area (Å²) < 4.78 is 10.3. The standard InChI is InChI=1S/C20H14Cl2N2O4/c21-15-5-1-3-7-17(15)27-19(25)23-13-9-11-14(12-10-13)24-20(26)28-18-8-4-2-6-16(18)22/h1-12H,(H,23,25)(H,24,26). The summed E-state index contributed by atoms with van der Waals surface area (Å²) in [6.45, 7) is 0. The molecule has 0 saturated heterocycles. The van der Waals surface area contributed by atoms with Gasteiger partial charge >= 0.3 is 12.2 Å². The largest absolute Gasteiger partial charge is 0.417 e. The number of hydrogen-bond acceptors (Lipinski definition) is 4. The minimum Gasteiger partial charge on any atom is -0.409 e. The minimum atomic E-state index is -0.688. The summed E-state index contributed by atoms with van der Waals surface area (Å²) in [5, 5.41) is 5.78. The summed E-state index contributed by atoms with van der Waals surface area (Å²) in [7, 11) is 0. The molecule has 3 aromatic carbocycles. The molecule has 0 heterocycles. The van der Waals surface area contributed by atoms with E-state index >= 15 is 0 Å². The van der Waals surface area contributed by atoms with E-state index in [9.17, 15) is 9.59 Å². The molecule has 0 aliphatic carbocycles. The molecule has 0 aliphatic rings. The van der Waals surface area contributed by atoms with Crippen molar-refractivity contribution in [3.05, 3.63) is 82.8 Å². The van der Waals surface area contributed by atoms with Crippen molar-refractivity contribution in [1.82, 2.24) is 0 Å². The Morgan fingerprint density at radius 2 is 0.964 bits per heavy atom. The quantitative estimate of drug-likeness (QED) is 0.529. The Morgan fingerprint density at radius 3 is 1.32 bits per heavy atom. The van der Waals surface area contributed by atoms with Gasteiger partial charge in [-0.2, -0.15) is 0 Å². The van der Waals surface area contributed by atoms with E-state index in [2.05, 4.69) is 10.6 Å². The molecule has 0 fully saturated rings. The molecular weight excluding hydrogens is 403 g/mol. The number of anilines is 2. The van der Waals surface area contributed by atoms with Gasteiger partial charge in [-0.1, -0.05) is 47.5 Å². The molecule has 0 aliphatic heterocycles. The number of amides is 2. The molecule has 0 spiro atoms. The maximum Gasteiger partial charge on any atom is 0.417 e. The second-order valence-electron chi connectivity index (χ2n) is 5.47. The summed E-state index contributed by atoms with van der Waals surface area (Å²) in [5.74, 6) is 0.504. The Labute approximate surface area is 171 Å².